The molecule has 0 radical (unpaired) electrons. The van der Waals surface area contributed by atoms with Crippen LogP contribution in [0.5, 0.6) is 0 Å². The Morgan fingerprint density at radius 3 is 1.77 bits per heavy atom. The molecule has 154 valence electrons. The molecule has 1 N–H and O–H groups in total. The average Bonchev–Trinajstić information content (AvgIpc) is 3.17. The number of carbonyl (C=O) groups excluding carboxylic acids is 1. The number of carbonyl (C=O) groups is 1. The van der Waals surface area contributed by atoms with Gasteiger partial charge in [-0.3, -0.25) is 4.79 Å². The lowest BCUT2D eigenvalue weighted by atomic mass is 10.0. The summed E-state index contributed by atoms with van der Waals surface area (Å²) in [5.41, 5.74) is 0. The Balaban J connectivity index is 1.70. The molecular formula is C23H45NO2. The third-order valence-electron chi connectivity index (χ3n) is 5.56. The van der Waals surface area contributed by atoms with Gasteiger partial charge in [0.1, 0.15) is 0 Å². The number of ether oxygens (including phenoxy) is 1. The van der Waals surface area contributed by atoms with Gasteiger partial charge >= 0.3 is 0 Å². The Morgan fingerprint density at radius 2 is 1.31 bits per heavy atom. The molecule has 1 amide bonds. The van der Waals surface area contributed by atoms with Gasteiger partial charge in [0.15, 0.2) is 0 Å². The zero-order valence-electron chi connectivity index (χ0n) is 17.5. The lowest BCUT2D eigenvalue weighted by Crippen LogP contribution is -2.31. The number of amides is 1. The van der Waals surface area contributed by atoms with Crippen molar-refractivity contribution in [2.75, 3.05) is 13.2 Å². The van der Waals surface area contributed by atoms with E-state index in [0.717, 1.165) is 25.9 Å². The monoisotopic (exact) mass is 367 g/mol. The topological polar surface area (TPSA) is 38.3 Å². The van der Waals surface area contributed by atoms with Crippen LogP contribution >= 0.6 is 0 Å². The number of nitrogens with one attached hydrogen (secondary N) is 1. The maximum atomic E-state index is 11.8. The summed E-state index contributed by atoms with van der Waals surface area (Å²) < 4.78 is 5.52. The smallest absolute Gasteiger partial charge is 0.220 e. The molecule has 1 aliphatic rings. The van der Waals surface area contributed by atoms with Crippen molar-refractivity contribution >= 4 is 5.91 Å². The van der Waals surface area contributed by atoms with Crippen molar-refractivity contribution in [2.45, 2.75) is 129 Å². The standard InChI is InChI=1S/C23H45NO2/c1-2-3-4-5-6-7-8-9-10-11-12-13-14-15-16-19-23(25)24-21-22-18-17-20-26-22/h22H,2-21H2,1H3,(H,24,25)/t22-/m1/s1. The summed E-state index contributed by atoms with van der Waals surface area (Å²) in [5.74, 6) is 0.204. The molecule has 1 rings (SSSR count). The van der Waals surface area contributed by atoms with Crippen LogP contribution < -0.4 is 5.32 Å². The number of hydrogen-bond acceptors (Lipinski definition) is 2. The first-order valence-electron chi connectivity index (χ1n) is 11.7. The Labute approximate surface area is 163 Å². The molecule has 3 nitrogen and oxygen atoms in total. The molecule has 1 fully saturated rings. The quantitative estimate of drug-likeness (QED) is 0.279. The highest BCUT2D eigenvalue weighted by Gasteiger charge is 2.15. The van der Waals surface area contributed by atoms with E-state index in [9.17, 15) is 4.79 Å². The third kappa shape index (κ3) is 14.6. The van der Waals surface area contributed by atoms with E-state index in [-0.39, 0.29) is 12.0 Å². The Hall–Kier alpha value is -0.570. The van der Waals surface area contributed by atoms with Gasteiger partial charge < -0.3 is 10.1 Å². The van der Waals surface area contributed by atoms with E-state index in [1.165, 1.54) is 89.9 Å². The van der Waals surface area contributed by atoms with E-state index in [2.05, 4.69) is 12.2 Å². The molecule has 0 unspecified atom stereocenters. The van der Waals surface area contributed by atoms with Crippen molar-refractivity contribution in [3.8, 4) is 0 Å². The zero-order chi connectivity index (χ0) is 18.7. The summed E-state index contributed by atoms with van der Waals surface area (Å²) in [4.78, 5) is 11.8. The van der Waals surface area contributed by atoms with E-state index in [1.54, 1.807) is 0 Å². The summed E-state index contributed by atoms with van der Waals surface area (Å²) >= 11 is 0. The summed E-state index contributed by atoms with van der Waals surface area (Å²) in [6.07, 6.45) is 23.7. The Kier molecular flexibility index (Phi) is 16.1. The summed E-state index contributed by atoms with van der Waals surface area (Å²) in [7, 11) is 0. The Morgan fingerprint density at radius 1 is 0.808 bits per heavy atom. The zero-order valence-corrected chi connectivity index (χ0v) is 17.5. The second-order valence-electron chi connectivity index (χ2n) is 8.14. The Bertz CT molecular complexity index is 313. The van der Waals surface area contributed by atoms with E-state index in [4.69, 9.17) is 4.74 Å². The SMILES string of the molecule is CCCCCCCCCCCCCCCCCC(=O)NC[C@H]1CCCO1. The maximum absolute atomic E-state index is 11.8. The molecule has 0 aromatic rings. The fraction of sp³-hybridized carbons (Fsp3) is 0.957. The highest BCUT2D eigenvalue weighted by molar-refractivity contribution is 5.75. The van der Waals surface area contributed by atoms with Crippen LogP contribution in [0.25, 0.3) is 0 Å². The molecule has 1 saturated heterocycles. The summed E-state index contributed by atoms with van der Waals surface area (Å²) in [6.45, 7) is 3.85. The molecule has 1 atom stereocenters. The van der Waals surface area contributed by atoms with Crippen LogP contribution in [0.1, 0.15) is 122 Å². The molecular weight excluding hydrogens is 322 g/mol. The van der Waals surface area contributed by atoms with Gasteiger partial charge in [-0.05, 0) is 19.3 Å². The van der Waals surface area contributed by atoms with Gasteiger partial charge in [-0.15, -0.1) is 0 Å². The first kappa shape index (κ1) is 23.5. The first-order chi connectivity index (χ1) is 12.8. The minimum absolute atomic E-state index is 0.204. The van der Waals surface area contributed by atoms with Crippen molar-refractivity contribution < 1.29 is 9.53 Å². The van der Waals surface area contributed by atoms with Crippen LogP contribution in [0.4, 0.5) is 0 Å². The van der Waals surface area contributed by atoms with Gasteiger partial charge in [-0.25, -0.2) is 0 Å². The summed E-state index contributed by atoms with van der Waals surface area (Å²) in [6, 6.07) is 0. The predicted octanol–water partition coefficient (Wildman–Crippen LogP) is 6.54. The van der Waals surface area contributed by atoms with E-state index in [0.29, 0.717) is 13.0 Å². The average molecular weight is 368 g/mol. The van der Waals surface area contributed by atoms with Crippen molar-refractivity contribution in [1.29, 1.82) is 0 Å². The van der Waals surface area contributed by atoms with Crippen LogP contribution in [-0.4, -0.2) is 25.2 Å². The van der Waals surface area contributed by atoms with E-state index in [1.807, 2.05) is 0 Å². The van der Waals surface area contributed by atoms with Gasteiger partial charge in [0, 0.05) is 19.6 Å². The van der Waals surface area contributed by atoms with Crippen molar-refractivity contribution in [3.63, 3.8) is 0 Å². The highest BCUT2D eigenvalue weighted by Crippen LogP contribution is 2.14. The van der Waals surface area contributed by atoms with Crippen molar-refractivity contribution in [3.05, 3.63) is 0 Å². The maximum Gasteiger partial charge on any atom is 0.220 e. The number of unbranched alkanes of at least 4 members (excludes halogenated alkanes) is 14. The molecule has 0 aromatic carbocycles. The summed E-state index contributed by atoms with van der Waals surface area (Å²) in [5, 5.41) is 3.01. The third-order valence-corrected chi connectivity index (χ3v) is 5.56. The lowest BCUT2D eigenvalue weighted by molar-refractivity contribution is -0.121. The van der Waals surface area contributed by atoms with Crippen LogP contribution in [0.2, 0.25) is 0 Å². The molecule has 0 saturated carbocycles. The molecule has 0 aliphatic carbocycles. The van der Waals surface area contributed by atoms with E-state index >= 15 is 0 Å². The molecule has 1 aliphatic heterocycles. The molecule has 0 bridgehead atoms. The van der Waals surface area contributed by atoms with Gasteiger partial charge in [0.05, 0.1) is 6.10 Å². The fourth-order valence-electron chi connectivity index (χ4n) is 3.78. The van der Waals surface area contributed by atoms with Crippen LogP contribution in [-0.2, 0) is 9.53 Å². The van der Waals surface area contributed by atoms with Gasteiger partial charge in [-0.2, -0.15) is 0 Å². The van der Waals surface area contributed by atoms with E-state index < -0.39 is 0 Å². The fourth-order valence-corrected chi connectivity index (χ4v) is 3.78. The number of rotatable bonds is 18. The normalized spacial score (nSPS) is 16.9. The molecule has 3 heteroatoms. The second-order valence-corrected chi connectivity index (χ2v) is 8.14. The highest BCUT2D eigenvalue weighted by atomic mass is 16.5. The van der Waals surface area contributed by atoms with Gasteiger partial charge in [0.25, 0.3) is 0 Å². The van der Waals surface area contributed by atoms with Crippen LogP contribution in [0.15, 0.2) is 0 Å². The van der Waals surface area contributed by atoms with Crippen molar-refractivity contribution in [1.82, 2.24) is 5.32 Å². The van der Waals surface area contributed by atoms with Gasteiger partial charge in [-0.1, -0.05) is 96.8 Å². The van der Waals surface area contributed by atoms with Gasteiger partial charge in [0.2, 0.25) is 5.91 Å². The predicted molar refractivity (Wildman–Crippen MR) is 112 cm³/mol. The van der Waals surface area contributed by atoms with Crippen LogP contribution in [0.3, 0.4) is 0 Å². The molecule has 26 heavy (non-hydrogen) atoms. The van der Waals surface area contributed by atoms with Crippen LogP contribution in [0, 0.1) is 0 Å². The number of hydrogen-bond donors (Lipinski definition) is 1. The largest absolute Gasteiger partial charge is 0.376 e. The minimum Gasteiger partial charge on any atom is -0.376 e. The van der Waals surface area contributed by atoms with Crippen molar-refractivity contribution in [2.24, 2.45) is 0 Å². The second kappa shape index (κ2) is 17.8. The molecule has 0 spiro atoms. The lowest BCUT2D eigenvalue weighted by Gasteiger charge is -2.10. The first-order valence-corrected chi connectivity index (χ1v) is 11.7. The minimum atomic E-state index is 0.204. The molecule has 1 heterocycles. The molecule has 0 aromatic heterocycles.